The summed E-state index contributed by atoms with van der Waals surface area (Å²) in [5.41, 5.74) is 10.4. The Morgan fingerprint density at radius 2 is 1.40 bits per heavy atom. The van der Waals surface area contributed by atoms with Gasteiger partial charge in [0.2, 0.25) is 23.6 Å². The molecule has 3 atom stereocenters. The molecule has 4 heterocycles. The van der Waals surface area contributed by atoms with Crippen LogP contribution < -0.4 is 31.2 Å². The Labute approximate surface area is 299 Å². The summed E-state index contributed by atoms with van der Waals surface area (Å²) in [5.74, 6) is 0.371. The maximum absolute atomic E-state index is 11.5. The monoisotopic (exact) mass is 720 g/mol. The maximum atomic E-state index is 11.5. The van der Waals surface area contributed by atoms with Crippen LogP contribution >= 0.6 is 23.2 Å². The van der Waals surface area contributed by atoms with E-state index in [9.17, 15) is 9.59 Å². The van der Waals surface area contributed by atoms with Crippen molar-refractivity contribution < 1.29 is 23.8 Å². The average Bonchev–Trinajstić information content (AvgIpc) is 3.78. The molecule has 0 radical (unpaired) electrons. The maximum Gasteiger partial charge on any atom is 0.246 e. The van der Waals surface area contributed by atoms with Gasteiger partial charge in [-0.2, -0.15) is 0 Å². The zero-order valence-electron chi connectivity index (χ0n) is 27.7. The van der Waals surface area contributed by atoms with Crippen LogP contribution in [0.15, 0.2) is 48.8 Å². The van der Waals surface area contributed by atoms with E-state index in [1.54, 1.807) is 19.5 Å². The molecular weight excluding hydrogens is 683 g/mol. The van der Waals surface area contributed by atoms with Crippen LogP contribution in [-0.4, -0.2) is 77.3 Å². The number of hydrogen-bond donors (Lipinski definition) is 4. The number of hydrogen-bond acceptors (Lipinski definition) is 11. The lowest BCUT2D eigenvalue weighted by Gasteiger charge is -2.16. The molecule has 0 saturated carbocycles. The van der Waals surface area contributed by atoms with Crippen LogP contribution in [0, 0.1) is 0 Å². The van der Waals surface area contributed by atoms with Gasteiger partial charge >= 0.3 is 0 Å². The van der Waals surface area contributed by atoms with Crippen molar-refractivity contribution in [2.75, 3.05) is 27.3 Å². The van der Waals surface area contributed by atoms with Gasteiger partial charge in [-0.3, -0.25) is 19.6 Å². The van der Waals surface area contributed by atoms with Gasteiger partial charge in [0.15, 0.2) is 0 Å². The second-order valence-corrected chi connectivity index (χ2v) is 12.8. The lowest BCUT2D eigenvalue weighted by atomic mass is 9.98. The van der Waals surface area contributed by atoms with Gasteiger partial charge in [0.25, 0.3) is 0 Å². The van der Waals surface area contributed by atoms with Crippen LogP contribution in [0.1, 0.15) is 37.1 Å². The topological polar surface area (TPSA) is 176 Å². The molecule has 2 amide bonds. The highest BCUT2D eigenvalue weighted by molar-refractivity contribution is 6.39. The van der Waals surface area contributed by atoms with Crippen LogP contribution in [0.4, 0.5) is 0 Å². The lowest BCUT2D eigenvalue weighted by Crippen LogP contribution is -2.35. The van der Waals surface area contributed by atoms with E-state index >= 15 is 0 Å². The van der Waals surface area contributed by atoms with Gasteiger partial charge in [-0.1, -0.05) is 59.6 Å². The SMILES string of the molecule is COc1nc(-c2cccc(-c3cccc(-c4cnc(CNCC5CCC(C(N)=O)O5)c(OC)n4)c3Cl)c2Cl)cnc1CNCC1CCC(=O)N1. The lowest BCUT2D eigenvalue weighted by molar-refractivity contribution is -0.128. The molecule has 15 heteroatoms. The molecule has 50 heavy (non-hydrogen) atoms. The predicted octanol–water partition coefficient (Wildman–Crippen LogP) is 4.08. The summed E-state index contributed by atoms with van der Waals surface area (Å²) < 4.78 is 16.8. The largest absolute Gasteiger partial charge is 0.480 e. The van der Waals surface area contributed by atoms with Gasteiger partial charge in [0.1, 0.15) is 17.5 Å². The number of methoxy groups -OCH3 is 2. The van der Waals surface area contributed by atoms with E-state index < -0.39 is 12.0 Å². The van der Waals surface area contributed by atoms with Crippen LogP contribution in [0.2, 0.25) is 10.0 Å². The molecule has 2 aromatic carbocycles. The van der Waals surface area contributed by atoms with Crippen LogP contribution in [0.5, 0.6) is 11.8 Å². The molecule has 4 aromatic rings. The Hall–Kier alpha value is -4.40. The molecule has 2 aliphatic heterocycles. The Kier molecular flexibility index (Phi) is 11.4. The third-order valence-electron chi connectivity index (χ3n) is 8.71. The second kappa shape index (κ2) is 16.1. The first-order chi connectivity index (χ1) is 24.2. The van der Waals surface area contributed by atoms with Crippen LogP contribution in [0.25, 0.3) is 33.6 Å². The van der Waals surface area contributed by atoms with Crippen molar-refractivity contribution in [3.63, 3.8) is 0 Å². The summed E-state index contributed by atoms with van der Waals surface area (Å²) in [5, 5.41) is 10.5. The Morgan fingerprint density at radius 1 is 0.860 bits per heavy atom. The van der Waals surface area contributed by atoms with E-state index in [-0.39, 0.29) is 18.1 Å². The molecule has 2 saturated heterocycles. The third kappa shape index (κ3) is 7.98. The average molecular weight is 722 g/mol. The number of carbonyl (C=O) groups excluding carboxylic acids is 2. The van der Waals surface area contributed by atoms with Crippen molar-refractivity contribution in [1.29, 1.82) is 0 Å². The normalized spacial score (nSPS) is 18.6. The highest BCUT2D eigenvalue weighted by Gasteiger charge is 2.29. The van der Waals surface area contributed by atoms with Gasteiger partial charge in [0.05, 0.1) is 54.2 Å². The van der Waals surface area contributed by atoms with Crippen LogP contribution in [0.3, 0.4) is 0 Å². The summed E-state index contributed by atoms with van der Waals surface area (Å²) in [6.07, 6.45) is 5.40. The van der Waals surface area contributed by atoms with E-state index in [2.05, 4.69) is 25.9 Å². The molecule has 5 N–H and O–H groups in total. The first-order valence-electron chi connectivity index (χ1n) is 16.3. The molecule has 13 nitrogen and oxygen atoms in total. The number of ether oxygens (including phenoxy) is 3. The van der Waals surface area contributed by atoms with Crippen molar-refractivity contribution in [2.45, 2.75) is 57.0 Å². The van der Waals surface area contributed by atoms with Gasteiger partial charge in [-0.15, -0.1) is 0 Å². The molecule has 0 aliphatic carbocycles. The third-order valence-corrected chi connectivity index (χ3v) is 9.52. The predicted molar refractivity (Wildman–Crippen MR) is 189 cm³/mol. The summed E-state index contributed by atoms with van der Waals surface area (Å²) in [6, 6.07) is 11.4. The Balaban J connectivity index is 1.18. The first-order valence-corrected chi connectivity index (χ1v) is 17.0. The summed E-state index contributed by atoms with van der Waals surface area (Å²) in [6.45, 7) is 1.98. The number of nitrogens with two attached hydrogens (primary N) is 1. The number of aromatic nitrogens is 4. The van der Waals surface area contributed by atoms with Gasteiger partial charge in [-0.25, -0.2) is 9.97 Å². The Bertz CT molecular complexity index is 1880. The summed E-state index contributed by atoms with van der Waals surface area (Å²) in [7, 11) is 3.09. The fourth-order valence-corrected chi connectivity index (χ4v) is 6.76. The molecule has 2 aliphatic rings. The van der Waals surface area contributed by atoms with E-state index in [0.29, 0.717) is 106 Å². The van der Waals surface area contributed by atoms with Gasteiger partial charge < -0.3 is 35.9 Å². The number of rotatable bonds is 14. The van der Waals surface area contributed by atoms with Gasteiger partial charge in [0, 0.05) is 60.9 Å². The first kappa shape index (κ1) is 35.4. The number of halogens is 2. The van der Waals surface area contributed by atoms with Crippen molar-refractivity contribution in [3.05, 3.63) is 70.2 Å². The minimum atomic E-state index is -0.537. The summed E-state index contributed by atoms with van der Waals surface area (Å²) in [4.78, 5) is 41.5. The minimum Gasteiger partial charge on any atom is -0.480 e. The zero-order valence-corrected chi connectivity index (χ0v) is 29.2. The quantitative estimate of drug-likeness (QED) is 0.148. The highest BCUT2D eigenvalue weighted by Crippen LogP contribution is 2.42. The summed E-state index contributed by atoms with van der Waals surface area (Å²) >= 11 is 14.1. The second-order valence-electron chi connectivity index (χ2n) is 12.0. The number of carbonyl (C=O) groups is 2. The number of nitrogens with one attached hydrogen (secondary N) is 3. The fourth-order valence-electron chi connectivity index (χ4n) is 6.11. The smallest absolute Gasteiger partial charge is 0.246 e. The highest BCUT2D eigenvalue weighted by atomic mass is 35.5. The zero-order chi connectivity index (χ0) is 35.2. The molecule has 0 spiro atoms. The number of nitrogens with zero attached hydrogens (tertiary/aromatic N) is 4. The van der Waals surface area contributed by atoms with Gasteiger partial charge in [-0.05, 0) is 19.3 Å². The molecule has 2 fully saturated rings. The van der Waals surface area contributed by atoms with E-state index in [4.69, 9.17) is 53.1 Å². The van der Waals surface area contributed by atoms with Crippen molar-refractivity contribution in [1.82, 2.24) is 35.9 Å². The molecule has 3 unspecified atom stereocenters. The van der Waals surface area contributed by atoms with Crippen molar-refractivity contribution in [3.8, 4) is 45.4 Å². The van der Waals surface area contributed by atoms with Crippen molar-refractivity contribution in [2.24, 2.45) is 5.73 Å². The fraction of sp³-hybridized carbons (Fsp3) is 0.371. The van der Waals surface area contributed by atoms with E-state index in [1.165, 1.54) is 7.11 Å². The van der Waals surface area contributed by atoms with E-state index in [1.807, 2.05) is 36.4 Å². The molecule has 262 valence electrons. The molecule has 2 aromatic heterocycles. The molecular formula is C35H38Cl2N8O5. The molecule has 0 bridgehead atoms. The Morgan fingerprint density at radius 3 is 1.88 bits per heavy atom. The number of primary amides is 1. The van der Waals surface area contributed by atoms with Crippen molar-refractivity contribution >= 4 is 35.0 Å². The number of amides is 2. The molecule has 6 rings (SSSR count). The standard InChI is InChI=1S/C35H38Cl2N8O5/c1-48-34-27(15-39-13-19-9-12-30(46)43-19)41-17-25(44-34)23-7-3-5-21(31(23)36)22-6-4-8-24(32(22)37)26-18-42-28(35(45-26)49-2)16-40-14-20-10-11-29(50-20)33(38)47/h3-8,17-20,29,39-40H,9-16H2,1-2H3,(H2,38,47)(H,43,46). The number of benzene rings is 2. The minimum absolute atomic E-state index is 0.0763. The van der Waals surface area contributed by atoms with E-state index in [0.717, 1.165) is 12.8 Å². The van der Waals surface area contributed by atoms with Crippen LogP contribution in [-0.2, 0) is 27.4 Å².